The van der Waals surface area contributed by atoms with E-state index in [1.807, 2.05) is 42.6 Å². The second kappa shape index (κ2) is 7.59. The summed E-state index contributed by atoms with van der Waals surface area (Å²) in [4.78, 5) is 15.7. The van der Waals surface area contributed by atoms with E-state index in [-0.39, 0.29) is 5.91 Å². The lowest BCUT2D eigenvalue weighted by Crippen LogP contribution is -2.14. The van der Waals surface area contributed by atoms with Gasteiger partial charge < -0.3 is 5.32 Å². The number of aromatic nitrogens is 1. The minimum absolute atomic E-state index is 0.0439. The van der Waals surface area contributed by atoms with Gasteiger partial charge in [0.15, 0.2) is 0 Å². The average molecular weight is 272 g/mol. The second-order valence-corrected chi connectivity index (χ2v) is 5.18. The summed E-state index contributed by atoms with van der Waals surface area (Å²) in [7, 11) is 0. The highest BCUT2D eigenvalue weighted by molar-refractivity contribution is 7.99. The van der Waals surface area contributed by atoms with Crippen molar-refractivity contribution in [2.45, 2.75) is 6.42 Å². The smallest absolute Gasteiger partial charge is 0.234 e. The van der Waals surface area contributed by atoms with E-state index in [4.69, 9.17) is 0 Å². The molecule has 0 unspecified atom stereocenters. The van der Waals surface area contributed by atoms with E-state index in [1.54, 1.807) is 18.0 Å². The van der Waals surface area contributed by atoms with Crippen molar-refractivity contribution in [1.29, 1.82) is 0 Å². The molecule has 4 heteroatoms. The van der Waals surface area contributed by atoms with Gasteiger partial charge in [0, 0.05) is 18.1 Å². The van der Waals surface area contributed by atoms with Crippen molar-refractivity contribution >= 4 is 23.4 Å². The number of benzene rings is 1. The SMILES string of the molecule is O=C(CSCCc1cccnc1)Nc1ccccc1. The molecule has 0 saturated carbocycles. The largest absolute Gasteiger partial charge is 0.325 e. The second-order valence-electron chi connectivity index (χ2n) is 4.08. The van der Waals surface area contributed by atoms with Gasteiger partial charge in [-0.05, 0) is 35.9 Å². The number of para-hydroxylation sites is 1. The van der Waals surface area contributed by atoms with Crippen LogP contribution in [0.4, 0.5) is 5.69 Å². The van der Waals surface area contributed by atoms with E-state index in [9.17, 15) is 4.79 Å². The Hall–Kier alpha value is -1.81. The van der Waals surface area contributed by atoms with Crippen LogP contribution >= 0.6 is 11.8 Å². The number of rotatable bonds is 6. The van der Waals surface area contributed by atoms with Crippen molar-refractivity contribution in [3.05, 3.63) is 60.4 Å². The molecule has 1 amide bonds. The molecule has 0 saturated heterocycles. The number of aryl methyl sites for hydroxylation is 1. The molecule has 3 nitrogen and oxygen atoms in total. The van der Waals surface area contributed by atoms with E-state index in [1.165, 1.54) is 5.56 Å². The summed E-state index contributed by atoms with van der Waals surface area (Å²) in [5.41, 5.74) is 2.05. The molecular weight excluding hydrogens is 256 g/mol. The molecule has 1 aromatic carbocycles. The maximum Gasteiger partial charge on any atom is 0.234 e. The van der Waals surface area contributed by atoms with Gasteiger partial charge in [-0.3, -0.25) is 9.78 Å². The number of carbonyl (C=O) groups is 1. The number of thioether (sulfide) groups is 1. The molecule has 1 N–H and O–H groups in total. The van der Waals surface area contributed by atoms with Gasteiger partial charge in [0.25, 0.3) is 0 Å². The first-order chi connectivity index (χ1) is 9.34. The Bertz CT molecular complexity index is 502. The zero-order valence-electron chi connectivity index (χ0n) is 10.6. The van der Waals surface area contributed by atoms with Crippen LogP contribution in [0.2, 0.25) is 0 Å². The predicted molar refractivity (Wildman–Crippen MR) is 80.3 cm³/mol. The number of carbonyl (C=O) groups excluding carboxylic acids is 1. The van der Waals surface area contributed by atoms with Crippen molar-refractivity contribution in [1.82, 2.24) is 4.98 Å². The highest BCUT2D eigenvalue weighted by Crippen LogP contribution is 2.09. The standard InChI is InChI=1S/C15H16N2OS/c18-15(17-14-6-2-1-3-7-14)12-19-10-8-13-5-4-9-16-11-13/h1-7,9,11H,8,10,12H2,(H,17,18). The summed E-state index contributed by atoms with van der Waals surface area (Å²) in [5, 5.41) is 2.87. The molecule has 19 heavy (non-hydrogen) atoms. The van der Waals surface area contributed by atoms with Gasteiger partial charge >= 0.3 is 0 Å². The number of anilines is 1. The Morgan fingerprint density at radius 2 is 2.00 bits per heavy atom. The van der Waals surface area contributed by atoms with Crippen molar-refractivity contribution < 1.29 is 4.79 Å². The number of nitrogens with zero attached hydrogens (tertiary/aromatic N) is 1. The normalized spacial score (nSPS) is 10.1. The Morgan fingerprint density at radius 1 is 1.16 bits per heavy atom. The number of hydrogen-bond acceptors (Lipinski definition) is 3. The minimum atomic E-state index is 0.0439. The van der Waals surface area contributed by atoms with Gasteiger partial charge in [-0.25, -0.2) is 0 Å². The van der Waals surface area contributed by atoms with Crippen LogP contribution in [0.1, 0.15) is 5.56 Å². The maximum absolute atomic E-state index is 11.7. The topological polar surface area (TPSA) is 42.0 Å². The van der Waals surface area contributed by atoms with Crippen molar-refractivity contribution in [2.24, 2.45) is 0 Å². The first kappa shape index (κ1) is 13.6. The van der Waals surface area contributed by atoms with Gasteiger partial charge in [-0.15, -0.1) is 0 Å². The van der Waals surface area contributed by atoms with Crippen LogP contribution < -0.4 is 5.32 Å². The van der Waals surface area contributed by atoms with E-state index < -0.39 is 0 Å². The van der Waals surface area contributed by atoms with E-state index in [0.29, 0.717) is 5.75 Å². The highest BCUT2D eigenvalue weighted by atomic mass is 32.2. The zero-order chi connectivity index (χ0) is 13.3. The Labute approximate surface area is 117 Å². The summed E-state index contributed by atoms with van der Waals surface area (Å²) in [6, 6.07) is 13.5. The Morgan fingerprint density at radius 3 is 2.74 bits per heavy atom. The molecular formula is C15H16N2OS. The molecule has 98 valence electrons. The minimum Gasteiger partial charge on any atom is -0.325 e. The van der Waals surface area contributed by atoms with E-state index in [0.717, 1.165) is 17.9 Å². The van der Waals surface area contributed by atoms with E-state index in [2.05, 4.69) is 16.4 Å². The fraction of sp³-hybridized carbons (Fsp3) is 0.200. The number of pyridine rings is 1. The van der Waals surface area contributed by atoms with E-state index >= 15 is 0 Å². The third kappa shape index (κ3) is 5.14. The first-order valence-corrected chi connectivity index (χ1v) is 7.31. The first-order valence-electron chi connectivity index (χ1n) is 6.16. The Balaban J connectivity index is 1.65. The fourth-order valence-electron chi connectivity index (χ4n) is 1.62. The van der Waals surface area contributed by atoms with Crippen LogP contribution in [-0.4, -0.2) is 22.4 Å². The van der Waals surface area contributed by atoms with Crippen molar-refractivity contribution in [3.63, 3.8) is 0 Å². The highest BCUT2D eigenvalue weighted by Gasteiger charge is 2.02. The van der Waals surface area contributed by atoms with Gasteiger partial charge in [-0.2, -0.15) is 11.8 Å². The van der Waals surface area contributed by atoms with Crippen LogP contribution in [0.15, 0.2) is 54.9 Å². The monoisotopic (exact) mass is 272 g/mol. The molecule has 1 aromatic heterocycles. The third-order valence-corrected chi connectivity index (χ3v) is 3.51. The molecule has 0 bridgehead atoms. The summed E-state index contributed by atoms with van der Waals surface area (Å²) in [6.45, 7) is 0. The van der Waals surface area contributed by atoms with Crippen molar-refractivity contribution in [3.8, 4) is 0 Å². The lowest BCUT2D eigenvalue weighted by atomic mass is 10.2. The molecule has 0 spiro atoms. The van der Waals surface area contributed by atoms with Gasteiger partial charge in [0.1, 0.15) is 0 Å². The van der Waals surface area contributed by atoms with Gasteiger partial charge in [0.05, 0.1) is 5.75 Å². The van der Waals surface area contributed by atoms with Crippen LogP contribution in [0, 0.1) is 0 Å². The quantitative estimate of drug-likeness (QED) is 0.822. The molecule has 2 aromatic rings. The molecule has 0 aliphatic heterocycles. The van der Waals surface area contributed by atoms with Gasteiger partial charge in [-0.1, -0.05) is 24.3 Å². The molecule has 2 rings (SSSR count). The lowest BCUT2D eigenvalue weighted by Gasteiger charge is -2.04. The average Bonchev–Trinajstić information content (AvgIpc) is 2.46. The number of nitrogens with one attached hydrogen (secondary N) is 1. The number of hydrogen-bond donors (Lipinski definition) is 1. The Kier molecular flexibility index (Phi) is 5.44. The number of amides is 1. The maximum atomic E-state index is 11.7. The summed E-state index contributed by atoms with van der Waals surface area (Å²) >= 11 is 1.64. The van der Waals surface area contributed by atoms with Crippen LogP contribution in [0.3, 0.4) is 0 Å². The zero-order valence-corrected chi connectivity index (χ0v) is 11.4. The molecule has 0 radical (unpaired) electrons. The molecule has 0 aliphatic carbocycles. The molecule has 1 heterocycles. The van der Waals surface area contributed by atoms with Crippen molar-refractivity contribution in [2.75, 3.05) is 16.8 Å². The lowest BCUT2D eigenvalue weighted by molar-refractivity contribution is -0.113. The molecule has 0 aliphatic rings. The summed E-state index contributed by atoms with van der Waals surface area (Å²) in [6.07, 6.45) is 4.58. The molecule has 0 atom stereocenters. The summed E-state index contributed by atoms with van der Waals surface area (Å²) in [5.74, 6) is 1.45. The van der Waals surface area contributed by atoms with Gasteiger partial charge in [0.2, 0.25) is 5.91 Å². The fourth-order valence-corrected chi connectivity index (χ4v) is 2.40. The van der Waals surface area contributed by atoms with Crippen LogP contribution in [-0.2, 0) is 11.2 Å². The molecule has 0 fully saturated rings. The van der Waals surface area contributed by atoms with Crippen LogP contribution in [0.25, 0.3) is 0 Å². The predicted octanol–water partition coefficient (Wildman–Crippen LogP) is 3.00. The third-order valence-electron chi connectivity index (χ3n) is 2.55. The summed E-state index contributed by atoms with van der Waals surface area (Å²) < 4.78 is 0. The van der Waals surface area contributed by atoms with Crippen LogP contribution in [0.5, 0.6) is 0 Å².